The van der Waals surface area contributed by atoms with Crippen LogP contribution in [-0.4, -0.2) is 58.5 Å². The standard InChI is InChI=1S/C13H22N2O3S2/c1-14-8-10-18-12-4-6-13(7-5-12)20(16,17)15(2)9-11-19-3/h4-7,14H,8-11H2,1-3H3. The minimum atomic E-state index is -3.40. The first-order chi connectivity index (χ1) is 9.52. The summed E-state index contributed by atoms with van der Waals surface area (Å²) in [6.07, 6.45) is 1.96. The smallest absolute Gasteiger partial charge is 0.242 e. The number of nitrogens with zero attached hydrogens (tertiary/aromatic N) is 1. The lowest BCUT2D eigenvalue weighted by Crippen LogP contribution is -2.29. The predicted molar refractivity (Wildman–Crippen MR) is 84.1 cm³/mol. The number of hydrogen-bond donors (Lipinski definition) is 1. The maximum absolute atomic E-state index is 12.3. The molecule has 7 heteroatoms. The van der Waals surface area contributed by atoms with Gasteiger partial charge in [0.2, 0.25) is 10.0 Å². The largest absolute Gasteiger partial charge is 0.492 e. The zero-order chi connectivity index (χ0) is 15.0. The first kappa shape index (κ1) is 17.3. The average Bonchev–Trinajstić information content (AvgIpc) is 2.45. The molecule has 0 amide bonds. The van der Waals surface area contributed by atoms with Crippen LogP contribution in [0.1, 0.15) is 0 Å². The molecule has 0 aliphatic rings. The second kappa shape index (κ2) is 8.51. The van der Waals surface area contributed by atoms with Crippen molar-refractivity contribution in [2.75, 3.05) is 45.8 Å². The molecule has 0 saturated heterocycles. The molecule has 0 aliphatic heterocycles. The van der Waals surface area contributed by atoms with Crippen LogP contribution in [0, 0.1) is 0 Å². The van der Waals surface area contributed by atoms with Gasteiger partial charge >= 0.3 is 0 Å². The number of rotatable bonds is 9. The second-order valence-corrected chi connectivity index (χ2v) is 7.27. The van der Waals surface area contributed by atoms with Gasteiger partial charge in [0.1, 0.15) is 12.4 Å². The molecule has 0 bridgehead atoms. The SMILES string of the molecule is CNCCOc1ccc(S(=O)(=O)N(C)CCSC)cc1. The van der Waals surface area contributed by atoms with Gasteiger partial charge in [-0.15, -0.1) is 0 Å². The number of likely N-dealkylation sites (N-methyl/N-ethyl adjacent to an activating group) is 1. The van der Waals surface area contributed by atoms with E-state index in [1.807, 2.05) is 13.3 Å². The van der Waals surface area contributed by atoms with Crippen LogP contribution in [0.25, 0.3) is 0 Å². The number of nitrogens with one attached hydrogen (secondary N) is 1. The molecule has 5 nitrogen and oxygen atoms in total. The quantitative estimate of drug-likeness (QED) is 0.695. The van der Waals surface area contributed by atoms with Crippen LogP contribution in [0.4, 0.5) is 0 Å². The van der Waals surface area contributed by atoms with E-state index in [1.165, 1.54) is 4.31 Å². The van der Waals surface area contributed by atoms with E-state index >= 15 is 0 Å². The molecule has 0 heterocycles. The predicted octanol–water partition coefficient (Wildman–Crippen LogP) is 1.27. The summed E-state index contributed by atoms with van der Waals surface area (Å²) >= 11 is 1.62. The highest BCUT2D eigenvalue weighted by Gasteiger charge is 2.19. The van der Waals surface area contributed by atoms with E-state index in [0.717, 1.165) is 12.3 Å². The van der Waals surface area contributed by atoms with Crippen molar-refractivity contribution in [3.05, 3.63) is 24.3 Å². The highest BCUT2D eigenvalue weighted by atomic mass is 32.2. The monoisotopic (exact) mass is 318 g/mol. The molecular formula is C13H22N2O3S2. The van der Waals surface area contributed by atoms with Gasteiger partial charge in [-0.25, -0.2) is 12.7 Å². The Morgan fingerprint density at radius 2 is 1.95 bits per heavy atom. The van der Waals surface area contributed by atoms with E-state index in [0.29, 0.717) is 23.8 Å². The lowest BCUT2D eigenvalue weighted by molar-refractivity contribution is 0.318. The summed E-state index contributed by atoms with van der Waals surface area (Å²) in [5, 5.41) is 2.98. The van der Waals surface area contributed by atoms with Gasteiger partial charge in [-0.1, -0.05) is 0 Å². The summed E-state index contributed by atoms with van der Waals surface area (Å²) < 4.78 is 31.4. The summed E-state index contributed by atoms with van der Waals surface area (Å²) in [5.74, 6) is 1.45. The number of ether oxygens (including phenoxy) is 1. The van der Waals surface area contributed by atoms with Crippen LogP contribution in [0.2, 0.25) is 0 Å². The maximum Gasteiger partial charge on any atom is 0.242 e. The fraction of sp³-hybridized carbons (Fsp3) is 0.538. The topological polar surface area (TPSA) is 58.6 Å². The van der Waals surface area contributed by atoms with Crippen molar-refractivity contribution < 1.29 is 13.2 Å². The van der Waals surface area contributed by atoms with Crippen LogP contribution in [0.15, 0.2) is 29.2 Å². The molecule has 0 atom stereocenters. The van der Waals surface area contributed by atoms with Gasteiger partial charge in [0.15, 0.2) is 0 Å². The van der Waals surface area contributed by atoms with Gasteiger partial charge in [0, 0.05) is 25.9 Å². The fourth-order valence-corrected chi connectivity index (χ4v) is 3.24. The van der Waals surface area contributed by atoms with E-state index in [-0.39, 0.29) is 0 Å². The van der Waals surface area contributed by atoms with Gasteiger partial charge in [-0.2, -0.15) is 11.8 Å². The number of thioether (sulfide) groups is 1. The summed E-state index contributed by atoms with van der Waals surface area (Å²) in [6.45, 7) is 1.80. The third kappa shape index (κ3) is 4.97. The molecule has 0 aromatic heterocycles. The molecule has 0 unspecified atom stereocenters. The molecule has 0 fully saturated rings. The van der Waals surface area contributed by atoms with E-state index in [4.69, 9.17) is 4.74 Å². The minimum absolute atomic E-state index is 0.294. The first-order valence-corrected chi connectivity index (χ1v) is 9.18. The third-order valence-corrected chi connectivity index (χ3v) is 5.22. The molecule has 0 aliphatic carbocycles. The lowest BCUT2D eigenvalue weighted by atomic mass is 10.3. The normalized spacial score (nSPS) is 11.8. The molecule has 1 aromatic carbocycles. The summed E-state index contributed by atoms with van der Waals surface area (Å²) in [4.78, 5) is 0.294. The molecule has 0 saturated carbocycles. The van der Waals surface area contributed by atoms with E-state index < -0.39 is 10.0 Å². The number of sulfonamides is 1. The Bertz CT molecular complexity index is 489. The zero-order valence-electron chi connectivity index (χ0n) is 12.1. The van der Waals surface area contributed by atoms with E-state index in [2.05, 4.69) is 5.32 Å². The van der Waals surface area contributed by atoms with Crippen molar-refractivity contribution in [2.45, 2.75) is 4.90 Å². The van der Waals surface area contributed by atoms with Gasteiger partial charge in [-0.05, 0) is 37.6 Å². The van der Waals surface area contributed by atoms with Crippen molar-refractivity contribution in [1.82, 2.24) is 9.62 Å². The highest BCUT2D eigenvalue weighted by molar-refractivity contribution is 7.98. The molecular weight excluding hydrogens is 296 g/mol. The van der Waals surface area contributed by atoms with Crippen LogP contribution in [-0.2, 0) is 10.0 Å². The van der Waals surface area contributed by atoms with Crippen molar-refractivity contribution in [2.24, 2.45) is 0 Å². The number of hydrogen-bond acceptors (Lipinski definition) is 5. The molecule has 0 radical (unpaired) electrons. The van der Waals surface area contributed by atoms with Crippen molar-refractivity contribution in [1.29, 1.82) is 0 Å². The van der Waals surface area contributed by atoms with Gasteiger partial charge < -0.3 is 10.1 Å². The summed E-state index contributed by atoms with van der Waals surface area (Å²) in [7, 11) is 0.0497. The Morgan fingerprint density at radius 3 is 2.50 bits per heavy atom. The highest BCUT2D eigenvalue weighted by Crippen LogP contribution is 2.18. The molecule has 0 spiro atoms. The van der Waals surface area contributed by atoms with Gasteiger partial charge in [0.05, 0.1) is 4.90 Å². The summed E-state index contributed by atoms with van der Waals surface area (Å²) in [5.41, 5.74) is 0. The molecule has 20 heavy (non-hydrogen) atoms. The molecule has 114 valence electrons. The van der Waals surface area contributed by atoms with Crippen LogP contribution in [0.5, 0.6) is 5.75 Å². The van der Waals surface area contributed by atoms with Crippen LogP contribution >= 0.6 is 11.8 Å². The Labute approximate surface area is 125 Å². The molecule has 1 N–H and O–H groups in total. The lowest BCUT2D eigenvalue weighted by Gasteiger charge is -2.16. The van der Waals surface area contributed by atoms with Crippen molar-refractivity contribution >= 4 is 21.8 Å². The zero-order valence-corrected chi connectivity index (χ0v) is 13.8. The minimum Gasteiger partial charge on any atom is -0.492 e. The number of benzene rings is 1. The van der Waals surface area contributed by atoms with Gasteiger partial charge in [-0.3, -0.25) is 0 Å². The fourth-order valence-electron chi connectivity index (χ4n) is 1.50. The van der Waals surface area contributed by atoms with Crippen LogP contribution in [0.3, 0.4) is 0 Å². The van der Waals surface area contributed by atoms with Crippen molar-refractivity contribution in [3.63, 3.8) is 0 Å². The maximum atomic E-state index is 12.3. The Morgan fingerprint density at radius 1 is 1.30 bits per heavy atom. The van der Waals surface area contributed by atoms with E-state index in [9.17, 15) is 8.42 Å². The Kier molecular flexibility index (Phi) is 7.36. The molecule has 1 aromatic rings. The van der Waals surface area contributed by atoms with E-state index in [1.54, 1.807) is 43.1 Å². The Hall–Kier alpha value is -0.760. The van der Waals surface area contributed by atoms with Crippen LogP contribution < -0.4 is 10.1 Å². The molecule has 1 rings (SSSR count). The second-order valence-electron chi connectivity index (χ2n) is 4.24. The first-order valence-electron chi connectivity index (χ1n) is 6.35. The average molecular weight is 318 g/mol. The third-order valence-electron chi connectivity index (χ3n) is 2.76. The Balaban J connectivity index is 2.71. The van der Waals surface area contributed by atoms with Crippen molar-refractivity contribution in [3.8, 4) is 5.75 Å². The summed E-state index contributed by atoms with van der Waals surface area (Å²) in [6, 6.07) is 6.54. The van der Waals surface area contributed by atoms with Gasteiger partial charge in [0.25, 0.3) is 0 Å².